The highest BCUT2D eigenvalue weighted by atomic mass is 16.5. The molecule has 0 aliphatic heterocycles. The molecule has 19 heavy (non-hydrogen) atoms. The minimum absolute atomic E-state index is 0.0550. The van der Waals surface area contributed by atoms with Crippen LogP contribution >= 0.6 is 0 Å². The molecule has 106 valence electrons. The molecular weight excluding hydrogens is 240 g/mol. The number of benzene rings is 1. The molecule has 1 amide bonds. The van der Waals surface area contributed by atoms with E-state index < -0.39 is 0 Å². The Kier molecular flexibility index (Phi) is 5.83. The third-order valence-electron chi connectivity index (χ3n) is 3.03. The number of hydrogen-bond donors (Lipinski definition) is 1. The Labute approximate surface area is 115 Å². The van der Waals surface area contributed by atoms with Gasteiger partial charge in [-0.15, -0.1) is 0 Å². The molecule has 4 heteroatoms. The van der Waals surface area contributed by atoms with Crippen molar-refractivity contribution in [2.75, 3.05) is 18.6 Å². The Balaban J connectivity index is 2.74. The van der Waals surface area contributed by atoms with Crippen molar-refractivity contribution in [3.8, 4) is 5.75 Å². The standard InChI is InChI=1S/C15H24N2O2/c1-5-19-14-8-7-13(10-11(14)2)17(4)15(18)9-6-12(3)16/h7-8,10,12H,5-6,9,16H2,1-4H3. The minimum Gasteiger partial charge on any atom is -0.494 e. The van der Waals surface area contributed by atoms with Crippen molar-refractivity contribution in [3.63, 3.8) is 0 Å². The van der Waals surface area contributed by atoms with Crippen molar-refractivity contribution >= 4 is 11.6 Å². The molecule has 0 fully saturated rings. The third kappa shape index (κ3) is 4.56. The van der Waals surface area contributed by atoms with Crippen LogP contribution in [0.5, 0.6) is 5.75 Å². The average molecular weight is 264 g/mol. The normalized spacial score (nSPS) is 12.1. The van der Waals surface area contributed by atoms with E-state index in [1.54, 1.807) is 11.9 Å². The molecule has 0 saturated carbocycles. The quantitative estimate of drug-likeness (QED) is 0.858. The van der Waals surface area contributed by atoms with Crippen LogP contribution in [0.15, 0.2) is 18.2 Å². The summed E-state index contributed by atoms with van der Waals surface area (Å²) in [7, 11) is 1.79. The SMILES string of the molecule is CCOc1ccc(N(C)C(=O)CCC(C)N)cc1C. The Bertz CT molecular complexity index is 430. The molecule has 0 saturated heterocycles. The monoisotopic (exact) mass is 264 g/mol. The van der Waals surface area contributed by atoms with Gasteiger partial charge in [-0.25, -0.2) is 0 Å². The molecule has 4 nitrogen and oxygen atoms in total. The van der Waals surface area contributed by atoms with E-state index in [-0.39, 0.29) is 11.9 Å². The van der Waals surface area contributed by atoms with E-state index in [9.17, 15) is 4.79 Å². The van der Waals surface area contributed by atoms with Crippen LogP contribution in [0, 0.1) is 6.92 Å². The second-order valence-electron chi connectivity index (χ2n) is 4.85. The van der Waals surface area contributed by atoms with Crippen LogP contribution in [0.2, 0.25) is 0 Å². The predicted molar refractivity (Wildman–Crippen MR) is 78.6 cm³/mol. The number of carbonyl (C=O) groups is 1. The second-order valence-corrected chi connectivity index (χ2v) is 4.85. The number of rotatable bonds is 6. The molecule has 0 aliphatic rings. The van der Waals surface area contributed by atoms with Crippen LogP contribution in [0.3, 0.4) is 0 Å². The van der Waals surface area contributed by atoms with Gasteiger partial charge in [0.2, 0.25) is 5.91 Å². The molecule has 0 heterocycles. The number of nitrogens with two attached hydrogens (primary N) is 1. The van der Waals surface area contributed by atoms with Crippen LogP contribution < -0.4 is 15.4 Å². The van der Waals surface area contributed by atoms with Gasteiger partial charge in [0.25, 0.3) is 0 Å². The summed E-state index contributed by atoms with van der Waals surface area (Å²) in [6.45, 7) is 6.49. The summed E-state index contributed by atoms with van der Waals surface area (Å²) in [6.07, 6.45) is 1.18. The predicted octanol–water partition coefficient (Wildman–Crippen LogP) is 2.48. The summed E-state index contributed by atoms with van der Waals surface area (Å²) < 4.78 is 5.49. The number of amides is 1. The van der Waals surface area contributed by atoms with E-state index in [2.05, 4.69) is 0 Å². The number of hydrogen-bond acceptors (Lipinski definition) is 3. The van der Waals surface area contributed by atoms with E-state index in [1.807, 2.05) is 39.0 Å². The van der Waals surface area contributed by atoms with Crippen molar-refractivity contribution in [2.45, 2.75) is 39.7 Å². The van der Waals surface area contributed by atoms with Gasteiger partial charge in [0.1, 0.15) is 5.75 Å². The fourth-order valence-corrected chi connectivity index (χ4v) is 1.82. The zero-order valence-corrected chi connectivity index (χ0v) is 12.3. The van der Waals surface area contributed by atoms with Gasteiger partial charge in [0.15, 0.2) is 0 Å². The summed E-state index contributed by atoms with van der Waals surface area (Å²) in [4.78, 5) is 13.7. The molecule has 0 spiro atoms. The highest BCUT2D eigenvalue weighted by Gasteiger charge is 2.12. The van der Waals surface area contributed by atoms with Crippen LogP contribution in [0.4, 0.5) is 5.69 Å². The molecule has 1 aromatic carbocycles. The van der Waals surface area contributed by atoms with Crippen LogP contribution in [-0.2, 0) is 4.79 Å². The molecule has 0 radical (unpaired) electrons. The van der Waals surface area contributed by atoms with Crippen molar-refractivity contribution < 1.29 is 9.53 Å². The van der Waals surface area contributed by atoms with Gasteiger partial charge in [-0.1, -0.05) is 0 Å². The lowest BCUT2D eigenvalue weighted by atomic mass is 10.1. The molecule has 1 atom stereocenters. The maximum Gasteiger partial charge on any atom is 0.226 e. The Morgan fingerprint density at radius 2 is 2.16 bits per heavy atom. The Morgan fingerprint density at radius 1 is 1.47 bits per heavy atom. The molecule has 0 bridgehead atoms. The van der Waals surface area contributed by atoms with Gasteiger partial charge in [-0.3, -0.25) is 4.79 Å². The second kappa shape index (κ2) is 7.14. The van der Waals surface area contributed by atoms with Gasteiger partial charge < -0.3 is 15.4 Å². The highest BCUT2D eigenvalue weighted by molar-refractivity contribution is 5.92. The van der Waals surface area contributed by atoms with E-state index in [4.69, 9.17) is 10.5 Å². The van der Waals surface area contributed by atoms with E-state index in [1.165, 1.54) is 0 Å². The maximum absolute atomic E-state index is 12.0. The Hall–Kier alpha value is -1.55. The summed E-state index contributed by atoms with van der Waals surface area (Å²) >= 11 is 0. The van der Waals surface area contributed by atoms with Gasteiger partial charge in [-0.05, 0) is 51.0 Å². The van der Waals surface area contributed by atoms with Crippen LogP contribution in [0.25, 0.3) is 0 Å². The van der Waals surface area contributed by atoms with Crippen LogP contribution in [0.1, 0.15) is 32.3 Å². The van der Waals surface area contributed by atoms with Crippen molar-refractivity contribution in [1.82, 2.24) is 0 Å². The fraction of sp³-hybridized carbons (Fsp3) is 0.533. The summed E-state index contributed by atoms with van der Waals surface area (Å²) in [5.74, 6) is 0.948. The van der Waals surface area contributed by atoms with Crippen LogP contribution in [-0.4, -0.2) is 25.6 Å². The van der Waals surface area contributed by atoms with Gasteiger partial charge in [0, 0.05) is 25.2 Å². The first-order valence-electron chi connectivity index (χ1n) is 6.71. The van der Waals surface area contributed by atoms with E-state index >= 15 is 0 Å². The number of aryl methyl sites for hydroxylation is 1. The average Bonchev–Trinajstić information content (AvgIpc) is 2.37. The third-order valence-corrected chi connectivity index (χ3v) is 3.03. The maximum atomic E-state index is 12.0. The molecular formula is C15H24N2O2. The van der Waals surface area contributed by atoms with Gasteiger partial charge in [-0.2, -0.15) is 0 Å². The molecule has 2 N–H and O–H groups in total. The Morgan fingerprint density at radius 3 is 2.68 bits per heavy atom. The van der Waals surface area contributed by atoms with Gasteiger partial charge >= 0.3 is 0 Å². The summed E-state index contributed by atoms with van der Waals surface area (Å²) in [5, 5.41) is 0. The minimum atomic E-state index is 0.0550. The van der Waals surface area contributed by atoms with E-state index in [0.29, 0.717) is 19.4 Å². The lowest BCUT2D eigenvalue weighted by molar-refractivity contribution is -0.118. The fourth-order valence-electron chi connectivity index (χ4n) is 1.82. The first-order chi connectivity index (χ1) is 8.95. The summed E-state index contributed by atoms with van der Waals surface area (Å²) in [6, 6.07) is 5.83. The largest absolute Gasteiger partial charge is 0.494 e. The van der Waals surface area contributed by atoms with Crippen molar-refractivity contribution in [2.24, 2.45) is 5.73 Å². The molecule has 1 unspecified atom stereocenters. The number of ether oxygens (including phenoxy) is 1. The van der Waals surface area contributed by atoms with E-state index in [0.717, 1.165) is 17.0 Å². The van der Waals surface area contributed by atoms with Crippen molar-refractivity contribution in [1.29, 1.82) is 0 Å². The lowest BCUT2D eigenvalue weighted by Gasteiger charge is -2.19. The first kappa shape index (κ1) is 15.5. The molecule has 1 rings (SSSR count). The molecule has 1 aromatic rings. The molecule has 0 aromatic heterocycles. The molecule has 0 aliphatic carbocycles. The first-order valence-corrected chi connectivity index (χ1v) is 6.71. The number of nitrogens with zero attached hydrogens (tertiary/aromatic N) is 1. The highest BCUT2D eigenvalue weighted by Crippen LogP contribution is 2.24. The lowest BCUT2D eigenvalue weighted by Crippen LogP contribution is -2.28. The van der Waals surface area contributed by atoms with Gasteiger partial charge in [0.05, 0.1) is 6.61 Å². The number of carbonyl (C=O) groups excluding carboxylic acids is 1. The summed E-state index contributed by atoms with van der Waals surface area (Å²) in [5.41, 5.74) is 7.59. The topological polar surface area (TPSA) is 55.6 Å². The zero-order chi connectivity index (χ0) is 14.4. The van der Waals surface area contributed by atoms with Crippen molar-refractivity contribution in [3.05, 3.63) is 23.8 Å². The number of anilines is 1. The smallest absolute Gasteiger partial charge is 0.226 e. The zero-order valence-electron chi connectivity index (χ0n) is 12.3.